The molecule has 0 saturated carbocycles. The summed E-state index contributed by atoms with van der Waals surface area (Å²) in [4.78, 5) is 23.2. The van der Waals surface area contributed by atoms with Crippen molar-refractivity contribution in [2.45, 2.75) is 38.6 Å². The van der Waals surface area contributed by atoms with Crippen LogP contribution in [0.15, 0.2) is 0 Å². The van der Waals surface area contributed by atoms with Gasteiger partial charge in [0.05, 0.1) is 5.41 Å². The van der Waals surface area contributed by atoms with Crippen molar-refractivity contribution in [2.75, 3.05) is 19.6 Å². The molecule has 2 heterocycles. The van der Waals surface area contributed by atoms with Gasteiger partial charge in [-0.2, -0.15) is 0 Å². The minimum Gasteiger partial charge on any atom is -0.354 e. The molecule has 2 aliphatic heterocycles. The molecule has 0 aromatic heterocycles. The SMILES string of the molecule is CC1(C(=O)NC2CCC(=O)NC2)CCCNC1. The summed E-state index contributed by atoms with van der Waals surface area (Å²) >= 11 is 0. The topological polar surface area (TPSA) is 70.2 Å². The smallest absolute Gasteiger partial charge is 0.227 e. The Kier molecular flexibility index (Phi) is 3.66. The van der Waals surface area contributed by atoms with Gasteiger partial charge in [-0.25, -0.2) is 0 Å². The second kappa shape index (κ2) is 5.04. The number of piperidine rings is 2. The van der Waals surface area contributed by atoms with Crippen LogP contribution in [0, 0.1) is 5.41 Å². The van der Waals surface area contributed by atoms with Gasteiger partial charge in [-0.1, -0.05) is 0 Å². The number of hydrogen-bond donors (Lipinski definition) is 3. The van der Waals surface area contributed by atoms with E-state index >= 15 is 0 Å². The summed E-state index contributed by atoms with van der Waals surface area (Å²) in [5, 5.41) is 9.11. The Balaban J connectivity index is 1.85. The molecule has 2 unspecified atom stereocenters. The Morgan fingerprint density at radius 3 is 2.94 bits per heavy atom. The molecule has 2 amide bonds. The Bertz CT molecular complexity index is 301. The summed E-state index contributed by atoms with van der Waals surface area (Å²) in [5.74, 6) is 0.201. The number of nitrogens with one attached hydrogen (secondary N) is 3. The van der Waals surface area contributed by atoms with Crippen LogP contribution in [0.25, 0.3) is 0 Å². The van der Waals surface area contributed by atoms with E-state index in [0.29, 0.717) is 13.0 Å². The van der Waals surface area contributed by atoms with E-state index in [2.05, 4.69) is 16.0 Å². The predicted molar refractivity (Wildman–Crippen MR) is 64.4 cm³/mol. The molecule has 17 heavy (non-hydrogen) atoms. The molecule has 2 saturated heterocycles. The van der Waals surface area contributed by atoms with E-state index in [1.807, 2.05) is 6.92 Å². The zero-order valence-electron chi connectivity index (χ0n) is 10.3. The molecule has 96 valence electrons. The predicted octanol–water partition coefficient (Wildman–Crippen LogP) is -0.229. The molecular weight excluding hydrogens is 218 g/mol. The van der Waals surface area contributed by atoms with Gasteiger partial charge < -0.3 is 16.0 Å². The monoisotopic (exact) mass is 239 g/mol. The van der Waals surface area contributed by atoms with Gasteiger partial charge in [-0.15, -0.1) is 0 Å². The second-order valence-corrected chi connectivity index (χ2v) is 5.35. The molecular formula is C12H21N3O2. The van der Waals surface area contributed by atoms with Crippen LogP contribution < -0.4 is 16.0 Å². The standard InChI is InChI=1S/C12H21N3O2/c1-12(5-2-6-13-8-12)11(17)15-9-3-4-10(16)14-7-9/h9,13H,2-8H2,1H3,(H,14,16)(H,15,17). The van der Waals surface area contributed by atoms with E-state index in [1.54, 1.807) is 0 Å². The molecule has 2 fully saturated rings. The molecule has 0 radical (unpaired) electrons. The summed E-state index contributed by atoms with van der Waals surface area (Å²) in [7, 11) is 0. The van der Waals surface area contributed by atoms with Gasteiger partial charge in [0, 0.05) is 25.6 Å². The fraction of sp³-hybridized carbons (Fsp3) is 0.833. The van der Waals surface area contributed by atoms with Gasteiger partial charge in [-0.3, -0.25) is 9.59 Å². The summed E-state index contributed by atoms with van der Waals surface area (Å²) in [6, 6.07) is 0.0963. The molecule has 0 aliphatic carbocycles. The fourth-order valence-electron chi connectivity index (χ4n) is 2.47. The summed E-state index contributed by atoms with van der Waals surface area (Å²) in [5.41, 5.74) is -0.292. The molecule has 5 heteroatoms. The number of hydrogen-bond acceptors (Lipinski definition) is 3. The van der Waals surface area contributed by atoms with Crippen molar-refractivity contribution in [2.24, 2.45) is 5.41 Å². The molecule has 5 nitrogen and oxygen atoms in total. The second-order valence-electron chi connectivity index (χ2n) is 5.35. The van der Waals surface area contributed by atoms with Crippen LogP contribution >= 0.6 is 0 Å². The van der Waals surface area contributed by atoms with Gasteiger partial charge in [0.2, 0.25) is 11.8 Å². The molecule has 0 spiro atoms. The highest BCUT2D eigenvalue weighted by molar-refractivity contribution is 5.83. The Morgan fingerprint density at radius 1 is 1.53 bits per heavy atom. The van der Waals surface area contributed by atoms with Gasteiger partial charge in [0.1, 0.15) is 0 Å². The third-order valence-corrected chi connectivity index (χ3v) is 3.75. The van der Waals surface area contributed by atoms with Crippen molar-refractivity contribution < 1.29 is 9.59 Å². The van der Waals surface area contributed by atoms with E-state index in [0.717, 1.165) is 32.4 Å². The Morgan fingerprint density at radius 2 is 2.35 bits per heavy atom. The van der Waals surface area contributed by atoms with Gasteiger partial charge in [0.15, 0.2) is 0 Å². The van der Waals surface area contributed by atoms with Crippen molar-refractivity contribution in [3.63, 3.8) is 0 Å². The van der Waals surface area contributed by atoms with Crippen molar-refractivity contribution in [1.29, 1.82) is 0 Å². The largest absolute Gasteiger partial charge is 0.354 e. The highest BCUT2D eigenvalue weighted by atomic mass is 16.2. The lowest BCUT2D eigenvalue weighted by Gasteiger charge is -2.35. The number of carbonyl (C=O) groups excluding carboxylic acids is 2. The lowest BCUT2D eigenvalue weighted by atomic mass is 9.81. The molecule has 0 aromatic rings. The first-order valence-electron chi connectivity index (χ1n) is 6.38. The molecule has 0 bridgehead atoms. The molecule has 2 atom stereocenters. The van der Waals surface area contributed by atoms with E-state index in [9.17, 15) is 9.59 Å². The van der Waals surface area contributed by atoms with Crippen LogP contribution in [0.5, 0.6) is 0 Å². The van der Waals surface area contributed by atoms with E-state index in [4.69, 9.17) is 0 Å². The molecule has 2 aliphatic rings. The molecule has 2 rings (SSSR count). The average molecular weight is 239 g/mol. The lowest BCUT2D eigenvalue weighted by Crippen LogP contribution is -2.54. The van der Waals surface area contributed by atoms with Crippen molar-refractivity contribution in [1.82, 2.24) is 16.0 Å². The van der Waals surface area contributed by atoms with Gasteiger partial charge in [-0.05, 0) is 32.7 Å². The number of carbonyl (C=O) groups is 2. The average Bonchev–Trinajstić information content (AvgIpc) is 2.33. The van der Waals surface area contributed by atoms with E-state index < -0.39 is 0 Å². The summed E-state index contributed by atoms with van der Waals surface area (Å²) in [6.45, 7) is 4.32. The Hall–Kier alpha value is -1.10. The van der Waals surface area contributed by atoms with Crippen LogP contribution in [0.2, 0.25) is 0 Å². The first kappa shape index (κ1) is 12.4. The Labute approximate surface area is 102 Å². The van der Waals surface area contributed by atoms with Crippen molar-refractivity contribution in [3.8, 4) is 0 Å². The maximum atomic E-state index is 12.2. The first-order valence-corrected chi connectivity index (χ1v) is 6.38. The first-order chi connectivity index (χ1) is 8.10. The number of rotatable bonds is 2. The van der Waals surface area contributed by atoms with Crippen LogP contribution in [-0.2, 0) is 9.59 Å². The molecule has 0 aromatic carbocycles. The van der Waals surface area contributed by atoms with E-state index in [-0.39, 0.29) is 23.3 Å². The lowest BCUT2D eigenvalue weighted by molar-refractivity contribution is -0.133. The van der Waals surface area contributed by atoms with Crippen LogP contribution in [-0.4, -0.2) is 37.5 Å². The van der Waals surface area contributed by atoms with Gasteiger partial charge in [0.25, 0.3) is 0 Å². The quantitative estimate of drug-likeness (QED) is 0.623. The van der Waals surface area contributed by atoms with Crippen LogP contribution in [0.4, 0.5) is 0 Å². The zero-order chi connectivity index (χ0) is 12.3. The maximum absolute atomic E-state index is 12.2. The minimum atomic E-state index is -0.292. The highest BCUT2D eigenvalue weighted by Gasteiger charge is 2.35. The van der Waals surface area contributed by atoms with Crippen molar-refractivity contribution in [3.05, 3.63) is 0 Å². The molecule has 3 N–H and O–H groups in total. The summed E-state index contributed by atoms with van der Waals surface area (Å²) < 4.78 is 0. The normalized spacial score (nSPS) is 33.9. The fourth-order valence-corrected chi connectivity index (χ4v) is 2.47. The third-order valence-electron chi connectivity index (χ3n) is 3.75. The van der Waals surface area contributed by atoms with E-state index in [1.165, 1.54) is 0 Å². The zero-order valence-corrected chi connectivity index (χ0v) is 10.3. The van der Waals surface area contributed by atoms with Crippen molar-refractivity contribution >= 4 is 11.8 Å². The minimum absolute atomic E-state index is 0.0843. The summed E-state index contributed by atoms with van der Waals surface area (Å²) in [6.07, 6.45) is 3.25. The van der Waals surface area contributed by atoms with Crippen LogP contribution in [0.1, 0.15) is 32.6 Å². The van der Waals surface area contributed by atoms with Gasteiger partial charge >= 0.3 is 0 Å². The highest BCUT2D eigenvalue weighted by Crippen LogP contribution is 2.25. The number of amides is 2. The maximum Gasteiger partial charge on any atom is 0.227 e. The third kappa shape index (κ3) is 2.97. The van der Waals surface area contributed by atoms with Crippen LogP contribution in [0.3, 0.4) is 0 Å².